The van der Waals surface area contributed by atoms with Gasteiger partial charge in [-0.15, -0.1) is 0 Å². The highest BCUT2D eigenvalue weighted by Gasteiger charge is 2.43. The average Bonchev–Trinajstić information content (AvgIpc) is 2.81. The Hall–Kier alpha value is -3.30. The monoisotopic (exact) mass is 380 g/mol. The van der Waals surface area contributed by atoms with Crippen LogP contribution in [0.2, 0.25) is 0 Å². The second-order valence-electron chi connectivity index (χ2n) is 5.06. The number of hydrogen-bond acceptors (Lipinski definition) is 10. The van der Waals surface area contributed by atoms with Gasteiger partial charge in [-0.2, -0.15) is 5.10 Å². The highest BCUT2D eigenvalue weighted by atomic mass is 16.7. The van der Waals surface area contributed by atoms with E-state index in [0.29, 0.717) is 0 Å². The summed E-state index contributed by atoms with van der Waals surface area (Å²) in [6, 6.07) is -0.978. The van der Waals surface area contributed by atoms with Crippen LogP contribution in [0, 0.1) is 0 Å². The van der Waals surface area contributed by atoms with Gasteiger partial charge in [-0.05, 0) is 19.9 Å². The lowest BCUT2D eigenvalue weighted by molar-refractivity contribution is -0.144. The van der Waals surface area contributed by atoms with Crippen LogP contribution in [0.1, 0.15) is 13.8 Å². The van der Waals surface area contributed by atoms with Crippen LogP contribution in [0.5, 0.6) is 0 Å². The lowest BCUT2D eigenvalue weighted by atomic mass is 10.0. The number of carbonyl (C=O) groups excluding carboxylic acids is 3. The predicted molar refractivity (Wildman–Crippen MR) is 90.7 cm³/mol. The smallest absolute Gasteiger partial charge is 0.374 e. The number of hydrazone groups is 1. The molecule has 1 unspecified atom stereocenters. The zero-order chi connectivity index (χ0) is 20.0. The van der Waals surface area contributed by atoms with Crippen molar-refractivity contribution in [3.05, 3.63) is 35.1 Å². The molecular weight excluding hydrogens is 360 g/mol. The Kier molecular flexibility index (Phi) is 6.58. The standard InChI is InChI=1S/C17H20N2O8/c1-5-25-15(21)12-17(26-6-2)27-13(16(22)24-4)11(14(20)23-3)10-8-7-9-18-19(10)12/h7-10H,5-6H2,1-4H3. The number of esters is 3. The first kappa shape index (κ1) is 20.0. The molecule has 0 aromatic rings. The van der Waals surface area contributed by atoms with E-state index in [9.17, 15) is 14.4 Å². The van der Waals surface area contributed by atoms with Gasteiger partial charge in [0.25, 0.3) is 0 Å². The van der Waals surface area contributed by atoms with E-state index >= 15 is 0 Å². The zero-order valence-corrected chi connectivity index (χ0v) is 15.4. The molecule has 2 aliphatic rings. The van der Waals surface area contributed by atoms with Crippen molar-refractivity contribution in [1.82, 2.24) is 5.01 Å². The molecule has 0 saturated heterocycles. The van der Waals surface area contributed by atoms with Crippen molar-refractivity contribution in [2.75, 3.05) is 27.4 Å². The summed E-state index contributed by atoms with van der Waals surface area (Å²) in [4.78, 5) is 37.3. The van der Waals surface area contributed by atoms with Crippen molar-refractivity contribution < 1.29 is 38.1 Å². The first-order valence-electron chi connectivity index (χ1n) is 8.12. The molecule has 0 aliphatic carbocycles. The van der Waals surface area contributed by atoms with E-state index in [4.69, 9.17) is 23.7 Å². The van der Waals surface area contributed by atoms with E-state index in [1.165, 1.54) is 11.2 Å². The van der Waals surface area contributed by atoms with Gasteiger partial charge < -0.3 is 23.7 Å². The van der Waals surface area contributed by atoms with Crippen LogP contribution in [-0.2, 0) is 38.1 Å². The second kappa shape index (κ2) is 8.88. The molecule has 2 aliphatic heterocycles. The fourth-order valence-electron chi connectivity index (χ4n) is 2.43. The van der Waals surface area contributed by atoms with E-state index in [-0.39, 0.29) is 30.4 Å². The van der Waals surface area contributed by atoms with Crippen molar-refractivity contribution in [2.45, 2.75) is 19.9 Å². The molecule has 0 aromatic carbocycles. The molecule has 10 heteroatoms. The van der Waals surface area contributed by atoms with Crippen LogP contribution in [0.15, 0.2) is 40.2 Å². The Morgan fingerprint density at radius 3 is 2.41 bits per heavy atom. The molecule has 2 heterocycles. The maximum atomic E-state index is 12.6. The van der Waals surface area contributed by atoms with Gasteiger partial charge >= 0.3 is 23.9 Å². The van der Waals surface area contributed by atoms with Crippen LogP contribution in [-0.4, -0.2) is 62.6 Å². The number of fused-ring (bicyclic) bond motifs is 1. The highest BCUT2D eigenvalue weighted by molar-refractivity contribution is 6.01. The number of allylic oxidation sites excluding steroid dienone is 1. The topological polar surface area (TPSA) is 113 Å². The minimum Gasteiger partial charge on any atom is -0.465 e. The molecule has 0 spiro atoms. The first-order valence-corrected chi connectivity index (χ1v) is 8.12. The van der Waals surface area contributed by atoms with Gasteiger partial charge in [0.05, 0.1) is 27.4 Å². The summed E-state index contributed by atoms with van der Waals surface area (Å²) >= 11 is 0. The van der Waals surface area contributed by atoms with Crippen molar-refractivity contribution in [3.8, 4) is 0 Å². The Morgan fingerprint density at radius 2 is 1.81 bits per heavy atom. The van der Waals surface area contributed by atoms with Crippen molar-refractivity contribution in [2.24, 2.45) is 5.10 Å². The summed E-state index contributed by atoms with van der Waals surface area (Å²) in [6.07, 6.45) is 4.49. The summed E-state index contributed by atoms with van der Waals surface area (Å²) in [5.74, 6) is -3.40. The fourth-order valence-corrected chi connectivity index (χ4v) is 2.43. The second-order valence-corrected chi connectivity index (χ2v) is 5.06. The summed E-state index contributed by atoms with van der Waals surface area (Å²) in [6.45, 7) is 3.48. The molecule has 0 saturated carbocycles. The van der Waals surface area contributed by atoms with Gasteiger partial charge in [-0.1, -0.05) is 6.08 Å². The van der Waals surface area contributed by atoms with Crippen molar-refractivity contribution >= 4 is 24.1 Å². The third kappa shape index (κ3) is 3.94. The Balaban J connectivity index is 2.74. The maximum Gasteiger partial charge on any atom is 0.374 e. The Labute approximate surface area is 155 Å². The normalized spacial score (nSPS) is 18.4. The van der Waals surface area contributed by atoms with Gasteiger partial charge in [-0.3, -0.25) is 0 Å². The van der Waals surface area contributed by atoms with Crippen LogP contribution in [0.3, 0.4) is 0 Å². The molecule has 0 amide bonds. The first-order chi connectivity index (χ1) is 13.0. The largest absolute Gasteiger partial charge is 0.465 e. The van der Waals surface area contributed by atoms with Gasteiger partial charge in [0.2, 0.25) is 11.5 Å². The minimum absolute atomic E-state index is 0.0843. The summed E-state index contributed by atoms with van der Waals surface area (Å²) < 4.78 is 25.5. The van der Waals surface area contributed by atoms with Gasteiger partial charge in [-0.25, -0.2) is 19.4 Å². The summed E-state index contributed by atoms with van der Waals surface area (Å²) in [5, 5.41) is 5.30. The van der Waals surface area contributed by atoms with Crippen LogP contribution >= 0.6 is 0 Å². The molecule has 0 fully saturated rings. The lowest BCUT2D eigenvalue weighted by Gasteiger charge is -2.28. The van der Waals surface area contributed by atoms with E-state index in [2.05, 4.69) is 5.10 Å². The molecule has 146 valence electrons. The van der Waals surface area contributed by atoms with Crippen LogP contribution in [0.4, 0.5) is 0 Å². The molecule has 0 bridgehead atoms. The molecule has 2 rings (SSSR count). The van der Waals surface area contributed by atoms with Gasteiger partial charge in [0, 0.05) is 6.21 Å². The number of hydrogen-bond donors (Lipinski definition) is 0. The quantitative estimate of drug-likeness (QED) is 0.483. The van der Waals surface area contributed by atoms with E-state index in [1.54, 1.807) is 26.0 Å². The van der Waals surface area contributed by atoms with Crippen molar-refractivity contribution in [1.29, 1.82) is 0 Å². The van der Waals surface area contributed by atoms with Crippen molar-refractivity contribution in [3.63, 3.8) is 0 Å². The number of nitrogens with zero attached hydrogens (tertiary/aromatic N) is 2. The van der Waals surface area contributed by atoms with Gasteiger partial charge in [0.1, 0.15) is 11.6 Å². The number of methoxy groups -OCH3 is 2. The Bertz CT molecular complexity index is 750. The van der Waals surface area contributed by atoms with E-state index in [1.807, 2.05) is 0 Å². The minimum atomic E-state index is -0.978. The average molecular weight is 380 g/mol. The summed E-state index contributed by atoms with van der Waals surface area (Å²) in [7, 11) is 2.28. The van der Waals surface area contributed by atoms with Gasteiger partial charge in [0.15, 0.2) is 0 Å². The maximum absolute atomic E-state index is 12.6. The SMILES string of the molecule is CCOC(=O)C1=C(OCC)OC(C(=O)OC)=C(C(=O)OC)C2C=CC=NN12. The number of ether oxygens (including phenoxy) is 5. The zero-order valence-electron chi connectivity index (χ0n) is 15.4. The number of carbonyl (C=O) groups is 3. The van der Waals surface area contributed by atoms with E-state index in [0.717, 1.165) is 14.2 Å². The van der Waals surface area contributed by atoms with Crippen LogP contribution < -0.4 is 0 Å². The Morgan fingerprint density at radius 1 is 1.11 bits per heavy atom. The molecule has 0 aromatic heterocycles. The molecular formula is C17H20N2O8. The molecule has 1 atom stereocenters. The van der Waals surface area contributed by atoms with E-state index < -0.39 is 29.7 Å². The fraction of sp³-hybridized carbons (Fsp3) is 0.412. The number of rotatable bonds is 6. The molecule has 10 nitrogen and oxygen atoms in total. The third-order valence-electron chi connectivity index (χ3n) is 3.51. The molecule has 27 heavy (non-hydrogen) atoms. The van der Waals surface area contributed by atoms with Crippen LogP contribution in [0.25, 0.3) is 0 Å². The molecule has 0 N–H and O–H groups in total. The third-order valence-corrected chi connectivity index (χ3v) is 3.51. The molecule has 0 radical (unpaired) electrons. The highest BCUT2D eigenvalue weighted by Crippen LogP contribution is 2.33. The lowest BCUT2D eigenvalue weighted by Crippen LogP contribution is -2.38. The summed E-state index contributed by atoms with van der Waals surface area (Å²) in [5.41, 5.74) is -0.404. The predicted octanol–water partition coefficient (Wildman–Crippen LogP) is 0.612.